The number of fused-ring (bicyclic) bond motifs is 2. The van der Waals surface area contributed by atoms with E-state index in [1.807, 2.05) is 31.2 Å². The Morgan fingerprint density at radius 3 is 2.95 bits per heavy atom. The van der Waals surface area contributed by atoms with Gasteiger partial charge in [-0.3, -0.25) is 4.79 Å². The topological polar surface area (TPSA) is 55.8 Å². The van der Waals surface area contributed by atoms with Gasteiger partial charge in [0.15, 0.2) is 6.61 Å². The minimum absolute atomic E-state index is 0.0403. The van der Waals surface area contributed by atoms with Gasteiger partial charge in [0, 0.05) is 6.42 Å². The first kappa shape index (κ1) is 12.0. The Morgan fingerprint density at radius 2 is 2.26 bits per heavy atom. The molecule has 2 saturated heterocycles. The molecule has 2 aliphatic heterocycles. The van der Waals surface area contributed by atoms with Gasteiger partial charge in [0.05, 0.1) is 6.54 Å². The van der Waals surface area contributed by atoms with Crippen molar-refractivity contribution in [2.75, 3.05) is 13.2 Å². The zero-order chi connectivity index (χ0) is 13.4. The molecule has 0 aromatic heterocycles. The monoisotopic (exact) mass is 261 g/mol. The predicted octanol–water partition coefficient (Wildman–Crippen LogP) is 0.900. The van der Waals surface area contributed by atoms with E-state index in [1.165, 1.54) is 0 Å². The molecule has 0 saturated carbocycles. The van der Waals surface area contributed by atoms with Crippen molar-refractivity contribution in [3.63, 3.8) is 0 Å². The van der Waals surface area contributed by atoms with Gasteiger partial charge in [-0.1, -0.05) is 18.2 Å². The summed E-state index contributed by atoms with van der Waals surface area (Å²) in [6, 6.07) is 7.13. The number of para-hydroxylation sites is 1. The first-order valence-electron chi connectivity index (χ1n) is 6.33. The van der Waals surface area contributed by atoms with Gasteiger partial charge in [-0.25, -0.2) is 4.79 Å². The summed E-state index contributed by atoms with van der Waals surface area (Å²) in [5.74, 6) is 0.246. The molecular weight excluding hydrogens is 246 g/mol. The minimum atomic E-state index is -0.405. The fourth-order valence-corrected chi connectivity index (χ4v) is 2.57. The molecule has 1 aromatic rings. The molecule has 0 N–H and O–H groups in total. The molecule has 2 aliphatic rings. The summed E-state index contributed by atoms with van der Waals surface area (Å²) in [7, 11) is 0. The molecule has 2 fully saturated rings. The summed E-state index contributed by atoms with van der Waals surface area (Å²) < 4.78 is 10.6. The standard InChI is InChI=1S/C14H15NO4/c1-9-4-2-3-5-12(9)18-8-13(16)15-7-10-6-11(15)14(17)19-10/h2-5,10-11H,6-8H2,1H3/t10-,11-/m1/s1. The maximum atomic E-state index is 12.1. The molecule has 2 atom stereocenters. The first-order chi connectivity index (χ1) is 9.15. The number of morpholine rings is 1. The SMILES string of the molecule is Cc1ccccc1OCC(=O)N1C[C@H]2C[C@@H]1C(=O)O2. The number of carbonyl (C=O) groups excluding carboxylic acids is 2. The Hall–Kier alpha value is -2.04. The number of hydrogen-bond donors (Lipinski definition) is 0. The molecule has 0 radical (unpaired) electrons. The fourth-order valence-electron chi connectivity index (χ4n) is 2.57. The van der Waals surface area contributed by atoms with Crippen LogP contribution < -0.4 is 4.74 Å². The van der Waals surface area contributed by atoms with Crippen LogP contribution in [-0.4, -0.2) is 42.1 Å². The Labute approximate surface area is 111 Å². The molecule has 2 bridgehead atoms. The lowest BCUT2D eigenvalue weighted by Gasteiger charge is -2.25. The summed E-state index contributed by atoms with van der Waals surface area (Å²) in [6.45, 7) is 2.38. The first-order valence-corrected chi connectivity index (χ1v) is 6.33. The second-order valence-electron chi connectivity index (χ2n) is 4.91. The number of carbonyl (C=O) groups is 2. The van der Waals surface area contributed by atoms with Gasteiger partial charge < -0.3 is 14.4 Å². The van der Waals surface area contributed by atoms with Crippen molar-refractivity contribution >= 4 is 11.9 Å². The second-order valence-corrected chi connectivity index (χ2v) is 4.91. The third-order valence-corrected chi connectivity index (χ3v) is 3.58. The van der Waals surface area contributed by atoms with Gasteiger partial charge in [-0.05, 0) is 18.6 Å². The number of benzene rings is 1. The molecule has 0 unspecified atom stereocenters. The molecule has 5 heteroatoms. The molecule has 1 amide bonds. The van der Waals surface area contributed by atoms with Crippen LogP contribution in [0, 0.1) is 6.92 Å². The third-order valence-electron chi connectivity index (χ3n) is 3.58. The summed E-state index contributed by atoms with van der Waals surface area (Å²) in [4.78, 5) is 25.0. The van der Waals surface area contributed by atoms with Crippen molar-refractivity contribution in [1.82, 2.24) is 4.90 Å². The largest absolute Gasteiger partial charge is 0.484 e. The smallest absolute Gasteiger partial charge is 0.329 e. The average molecular weight is 261 g/mol. The van der Waals surface area contributed by atoms with Crippen LogP contribution in [0.3, 0.4) is 0 Å². The quantitative estimate of drug-likeness (QED) is 0.759. The third kappa shape index (κ3) is 2.16. The number of esters is 1. The Balaban J connectivity index is 1.61. The number of nitrogens with zero attached hydrogens (tertiary/aromatic N) is 1. The van der Waals surface area contributed by atoms with E-state index in [2.05, 4.69) is 0 Å². The molecule has 0 spiro atoms. The van der Waals surface area contributed by atoms with Crippen molar-refractivity contribution < 1.29 is 19.1 Å². The number of rotatable bonds is 3. The maximum absolute atomic E-state index is 12.1. The van der Waals surface area contributed by atoms with Gasteiger partial charge in [0.1, 0.15) is 17.9 Å². The van der Waals surface area contributed by atoms with Crippen LogP contribution in [0.4, 0.5) is 0 Å². The highest BCUT2D eigenvalue weighted by molar-refractivity contribution is 5.88. The second kappa shape index (κ2) is 4.57. The van der Waals surface area contributed by atoms with Crippen molar-refractivity contribution in [2.24, 2.45) is 0 Å². The molecule has 2 heterocycles. The lowest BCUT2D eigenvalue weighted by molar-refractivity contribution is -0.157. The van der Waals surface area contributed by atoms with E-state index in [0.29, 0.717) is 18.7 Å². The zero-order valence-corrected chi connectivity index (χ0v) is 10.7. The zero-order valence-electron chi connectivity index (χ0n) is 10.7. The van der Waals surface area contributed by atoms with Crippen LogP contribution in [0.25, 0.3) is 0 Å². The van der Waals surface area contributed by atoms with Crippen LogP contribution in [0.2, 0.25) is 0 Å². The average Bonchev–Trinajstić information content (AvgIpc) is 2.96. The van der Waals surface area contributed by atoms with E-state index in [9.17, 15) is 9.59 Å². The summed E-state index contributed by atoms with van der Waals surface area (Å²) in [5, 5.41) is 0. The van der Waals surface area contributed by atoms with E-state index in [-0.39, 0.29) is 24.6 Å². The molecule has 0 aliphatic carbocycles. The van der Waals surface area contributed by atoms with E-state index < -0.39 is 6.04 Å². The van der Waals surface area contributed by atoms with Crippen molar-refractivity contribution in [3.05, 3.63) is 29.8 Å². The van der Waals surface area contributed by atoms with E-state index in [4.69, 9.17) is 9.47 Å². The maximum Gasteiger partial charge on any atom is 0.329 e. The van der Waals surface area contributed by atoms with Gasteiger partial charge in [0.25, 0.3) is 5.91 Å². The Morgan fingerprint density at radius 1 is 1.47 bits per heavy atom. The minimum Gasteiger partial charge on any atom is -0.484 e. The van der Waals surface area contributed by atoms with Crippen molar-refractivity contribution in [2.45, 2.75) is 25.5 Å². The number of amides is 1. The van der Waals surface area contributed by atoms with E-state index in [0.717, 1.165) is 5.56 Å². The van der Waals surface area contributed by atoms with Crippen LogP contribution >= 0.6 is 0 Å². The Kier molecular flexibility index (Phi) is 2.89. The highest BCUT2D eigenvalue weighted by Crippen LogP contribution is 2.29. The number of aryl methyl sites for hydroxylation is 1. The lowest BCUT2D eigenvalue weighted by atomic mass is 10.2. The van der Waals surface area contributed by atoms with Crippen molar-refractivity contribution in [3.8, 4) is 5.75 Å². The van der Waals surface area contributed by atoms with Crippen LogP contribution in [0.5, 0.6) is 5.75 Å². The van der Waals surface area contributed by atoms with Crippen molar-refractivity contribution in [1.29, 1.82) is 0 Å². The number of ether oxygens (including phenoxy) is 2. The van der Waals surface area contributed by atoms with E-state index in [1.54, 1.807) is 4.90 Å². The lowest BCUT2D eigenvalue weighted by Crippen LogP contribution is -2.46. The molecular formula is C14H15NO4. The molecule has 100 valence electrons. The predicted molar refractivity (Wildman–Crippen MR) is 66.7 cm³/mol. The highest BCUT2D eigenvalue weighted by atomic mass is 16.6. The van der Waals surface area contributed by atoms with Gasteiger partial charge >= 0.3 is 5.97 Å². The molecule has 19 heavy (non-hydrogen) atoms. The number of hydrogen-bond acceptors (Lipinski definition) is 4. The molecule has 1 aromatic carbocycles. The number of likely N-dealkylation sites (tertiary alicyclic amines) is 1. The fraction of sp³-hybridized carbons (Fsp3) is 0.429. The van der Waals surface area contributed by atoms with Crippen LogP contribution in [-0.2, 0) is 14.3 Å². The van der Waals surface area contributed by atoms with E-state index >= 15 is 0 Å². The normalized spacial score (nSPS) is 24.5. The molecule has 3 rings (SSSR count). The van der Waals surface area contributed by atoms with Gasteiger partial charge in [-0.15, -0.1) is 0 Å². The Bertz CT molecular complexity index is 528. The summed E-state index contributed by atoms with van der Waals surface area (Å²) in [6.07, 6.45) is 0.495. The van der Waals surface area contributed by atoms with Crippen LogP contribution in [0.1, 0.15) is 12.0 Å². The van der Waals surface area contributed by atoms with Crippen LogP contribution in [0.15, 0.2) is 24.3 Å². The van der Waals surface area contributed by atoms with Gasteiger partial charge in [-0.2, -0.15) is 0 Å². The summed E-state index contributed by atoms with van der Waals surface area (Å²) >= 11 is 0. The summed E-state index contributed by atoms with van der Waals surface area (Å²) in [5.41, 5.74) is 0.984. The van der Waals surface area contributed by atoms with Gasteiger partial charge in [0.2, 0.25) is 0 Å². The molecule has 5 nitrogen and oxygen atoms in total. The highest BCUT2D eigenvalue weighted by Gasteiger charge is 2.48.